The smallest absolute Gasteiger partial charge is 0.247 e. The third-order valence-electron chi connectivity index (χ3n) is 5.27. The van der Waals surface area contributed by atoms with Crippen molar-refractivity contribution in [2.75, 3.05) is 32.2 Å². The number of benzene rings is 1. The number of likely N-dealkylation sites (N-methyl/N-ethyl adjacent to an activating group) is 1. The average molecular weight is 449 g/mol. The van der Waals surface area contributed by atoms with Gasteiger partial charge in [0.15, 0.2) is 0 Å². The normalized spacial score (nSPS) is 16.1. The highest BCUT2D eigenvalue weighted by atomic mass is 35.5. The van der Waals surface area contributed by atoms with E-state index in [1.165, 1.54) is 23.1 Å². The maximum absolute atomic E-state index is 13.8. The van der Waals surface area contributed by atoms with Crippen LogP contribution in [0.15, 0.2) is 36.5 Å². The Morgan fingerprint density at radius 1 is 1.42 bits per heavy atom. The molecule has 1 aliphatic rings. The third kappa shape index (κ3) is 6.00. The number of aromatic nitrogens is 2. The molecule has 1 aromatic carbocycles. The minimum Gasteiger partial charge on any atom is -0.394 e. The lowest BCUT2D eigenvalue weighted by atomic mass is 10.1. The Kier molecular flexibility index (Phi) is 7.95. The van der Waals surface area contributed by atoms with E-state index < -0.39 is 11.9 Å². The topological polar surface area (TPSA) is 87.6 Å². The molecule has 3 rings (SSSR count). The van der Waals surface area contributed by atoms with Gasteiger partial charge in [0.05, 0.1) is 23.4 Å². The predicted molar refractivity (Wildman–Crippen MR) is 117 cm³/mol. The van der Waals surface area contributed by atoms with Crippen LogP contribution in [-0.4, -0.2) is 58.8 Å². The Hall–Kier alpha value is -2.55. The van der Waals surface area contributed by atoms with Crippen molar-refractivity contribution in [3.8, 4) is 0 Å². The van der Waals surface area contributed by atoms with E-state index in [2.05, 4.69) is 15.3 Å². The zero-order chi connectivity index (χ0) is 22.4. The molecule has 1 fully saturated rings. The van der Waals surface area contributed by atoms with Gasteiger partial charge in [-0.15, -0.1) is 0 Å². The van der Waals surface area contributed by atoms with Crippen LogP contribution in [0.4, 0.5) is 10.3 Å². The number of carbonyl (C=O) groups excluding carboxylic acids is 1. The zero-order valence-corrected chi connectivity index (χ0v) is 18.3. The van der Waals surface area contributed by atoms with Gasteiger partial charge < -0.3 is 20.1 Å². The van der Waals surface area contributed by atoms with E-state index in [1.54, 1.807) is 32.3 Å². The van der Waals surface area contributed by atoms with Crippen LogP contribution in [0.25, 0.3) is 5.57 Å². The van der Waals surface area contributed by atoms with Gasteiger partial charge in [-0.3, -0.25) is 4.79 Å². The molecule has 1 atom stereocenters. The minimum absolute atomic E-state index is 0.0147. The van der Waals surface area contributed by atoms with Crippen molar-refractivity contribution in [3.05, 3.63) is 58.6 Å². The van der Waals surface area contributed by atoms with Gasteiger partial charge in [-0.05, 0) is 49.1 Å². The van der Waals surface area contributed by atoms with Crippen LogP contribution in [0, 0.1) is 5.82 Å². The molecule has 0 aliphatic carbocycles. The molecule has 7 nitrogen and oxygen atoms in total. The monoisotopic (exact) mass is 448 g/mol. The molecule has 1 saturated heterocycles. The number of rotatable bonds is 7. The quantitative estimate of drug-likeness (QED) is 0.631. The molecular formula is C22H26ClFN4O3. The van der Waals surface area contributed by atoms with Crippen LogP contribution in [0.3, 0.4) is 0 Å². The number of halogens is 2. The molecule has 31 heavy (non-hydrogen) atoms. The molecule has 0 bridgehead atoms. The summed E-state index contributed by atoms with van der Waals surface area (Å²) < 4.78 is 19.2. The summed E-state index contributed by atoms with van der Waals surface area (Å²) in [6.07, 6.45) is 4.86. The molecule has 2 heterocycles. The molecule has 166 valence electrons. The van der Waals surface area contributed by atoms with Gasteiger partial charge in [-0.1, -0.05) is 17.7 Å². The van der Waals surface area contributed by atoms with E-state index in [1.807, 2.05) is 0 Å². The summed E-state index contributed by atoms with van der Waals surface area (Å²) in [5.41, 5.74) is 1.72. The van der Waals surface area contributed by atoms with E-state index >= 15 is 0 Å². The number of carbonyl (C=O) groups is 1. The number of ether oxygens (including phenoxy) is 1. The fourth-order valence-corrected chi connectivity index (χ4v) is 3.48. The summed E-state index contributed by atoms with van der Waals surface area (Å²) in [4.78, 5) is 22.9. The van der Waals surface area contributed by atoms with Crippen molar-refractivity contribution in [1.82, 2.24) is 14.9 Å². The molecule has 1 aliphatic heterocycles. The zero-order valence-electron chi connectivity index (χ0n) is 17.5. The summed E-state index contributed by atoms with van der Waals surface area (Å²) in [5.74, 6) is -0.442. The maximum atomic E-state index is 13.8. The van der Waals surface area contributed by atoms with E-state index in [4.69, 9.17) is 16.3 Å². The molecule has 0 saturated carbocycles. The van der Waals surface area contributed by atoms with E-state index in [9.17, 15) is 14.3 Å². The van der Waals surface area contributed by atoms with Crippen molar-refractivity contribution >= 4 is 29.0 Å². The molecule has 1 aromatic heterocycles. The van der Waals surface area contributed by atoms with Gasteiger partial charge in [-0.2, -0.15) is 0 Å². The van der Waals surface area contributed by atoms with Crippen LogP contribution in [-0.2, 0) is 9.53 Å². The summed E-state index contributed by atoms with van der Waals surface area (Å²) in [6.45, 7) is 2.84. The Bertz CT molecular complexity index is 950. The first-order chi connectivity index (χ1) is 14.9. The second-order valence-electron chi connectivity index (χ2n) is 7.44. The number of hydrogen-bond acceptors (Lipinski definition) is 6. The second kappa shape index (κ2) is 10.7. The molecule has 1 unspecified atom stereocenters. The van der Waals surface area contributed by atoms with Gasteiger partial charge >= 0.3 is 0 Å². The van der Waals surface area contributed by atoms with Gasteiger partial charge in [0.2, 0.25) is 11.9 Å². The lowest BCUT2D eigenvalue weighted by Gasteiger charge is -2.26. The number of nitrogens with one attached hydrogen (secondary N) is 1. The Morgan fingerprint density at radius 2 is 2.16 bits per heavy atom. The number of aliphatic hydroxyl groups excluding tert-OH is 1. The Balaban J connectivity index is 1.73. The van der Waals surface area contributed by atoms with Crippen molar-refractivity contribution < 1.29 is 19.0 Å². The average Bonchev–Trinajstić information content (AvgIpc) is 2.77. The summed E-state index contributed by atoms with van der Waals surface area (Å²) in [7, 11) is 1.55. The lowest BCUT2D eigenvalue weighted by molar-refractivity contribution is -0.127. The lowest BCUT2D eigenvalue weighted by Crippen LogP contribution is -2.32. The largest absolute Gasteiger partial charge is 0.394 e. The van der Waals surface area contributed by atoms with Crippen molar-refractivity contribution in [3.63, 3.8) is 0 Å². The van der Waals surface area contributed by atoms with E-state index in [0.717, 1.165) is 12.8 Å². The van der Waals surface area contributed by atoms with Crippen molar-refractivity contribution in [2.24, 2.45) is 0 Å². The number of aliphatic hydroxyl groups is 1. The van der Waals surface area contributed by atoms with Crippen LogP contribution < -0.4 is 5.32 Å². The highest BCUT2D eigenvalue weighted by Crippen LogP contribution is 2.24. The van der Waals surface area contributed by atoms with Crippen LogP contribution in [0.5, 0.6) is 0 Å². The molecule has 9 heteroatoms. The SMILES string of the molecule is C/C(=C\C(=O)N(C)C(CO)c1ccc(Cl)c(F)c1)c1ccnc(NC2CCOCC2)n1. The van der Waals surface area contributed by atoms with Gasteiger partial charge in [0, 0.05) is 38.6 Å². The number of allylic oxidation sites excluding steroid dienone is 1. The molecule has 0 spiro atoms. The first-order valence-electron chi connectivity index (χ1n) is 10.1. The summed E-state index contributed by atoms with van der Waals surface area (Å²) in [5, 5.41) is 13.1. The first kappa shape index (κ1) is 23.1. The van der Waals surface area contributed by atoms with Gasteiger partial charge in [0.25, 0.3) is 0 Å². The maximum Gasteiger partial charge on any atom is 0.247 e. The Morgan fingerprint density at radius 3 is 2.84 bits per heavy atom. The number of hydrogen-bond donors (Lipinski definition) is 2. The number of amides is 1. The Labute approximate surface area is 185 Å². The summed E-state index contributed by atoms with van der Waals surface area (Å²) >= 11 is 5.73. The van der Waals surface area contributed by atoms with Crippen LogP contribution >= 0.6 is 11.6 Å². The van der Waals surface area contributed by atoms with Crippen LogP contribution in [0.1, 0.15) is 37.1 Å². The van der Waals surface area contributed by atoms with E-state index in [-0.39, 0.29) is 23.6 Å². The number of nitrogens with zero attached hydrogens (tertiary/aromatic N) is 3. The second-order valence-corrected chi connectivity index (χ2v) is 7.85. The highest BCUT2D eigenvalue weighted by molar-refractivity contribution is 6.30. The van der Waals surface area contributed by atoms with Crippen LogP contribution in [0.2, 0.25) is 5.02 Å². The standard InChI is InChI=1S/C22H26ClFN4O3/c1-14(19-5-8-25-22(27-19)26-16-6-9-31-10-7-16)11-21(30)28(2)20(13-29)15-3-4-17(23)18(24)12-15/h3-5,8,11-12,16,20,29H,6-7,9-10,13H2,1-2H3,(H,25,26,27)/b14-11+. The summed E-state index contributed by atoms with van der Waals surface area (Å²) in [6, 6.07) is 5.49. The highest BCUT2D eigenvalue weighted by Gasteiger charge is 2.21. The minimum atomic E-state index is -0.709. The van der Waals surface area contributed by atoms with Crippen molar-refractivity contribution in [2.45, 2.75) is 31.8 Å². The third-order valence-corrected chi connectivity index (χ3v) is 5.58. The predicted octanol–water partition coefficient (Wildman–Crippen LogP) is 3.46. The van der Waals surface area contributed by atoms with Crippen molar-refractivity contribution in [1.29, 1.82) is 0 Å². The molecule has 2 N–H and O–H groups in total. The fourth-order valence-electron chi connectivity index (χ4n) is 3.36. The molecular weight excluding hydrogens is 423 g/mol. The van der Waals surface area contributed by atoms with Gasteiger partial charge in [0.1, 0.15) is 5.82 Å². The molecule has 2 aromatic rings. The molecule has 0 radical (unpaired) electrons. The first-order valence-corrected chi connectivity index (χ1v) is 10.5. The van der Waals surface area contributed by atoms with E-state index in [0.29, 0.717) is 36.0 Å². The fraction of sp³-hybridized carbons (Fsp3) is 0.409. The van der Waals surface area contributed by atoms with Gasteiger partial charge in [-0.25, -0.2) is 14.4 Å². The number of anilines is 1. The molecule has 1 amide bonds.